The highest BCUT2D eigenvalue weighted by Gasteiger charge is 2.26. The molecule has 4 rings (SSSR count). The van der Waals surface area contributed by atoms with Gasteiger partial charge in [0.15, 0.2) is 0 Å². The second-order valence-electron chi connectivity index (χ2n) is 8.47. The third kappa shape index (κ3) is 4.99. The van der Waals surface area contributed by atoms with Crippen LogP contribution >= 0.6 is 0 Å². The lowest BCUT2D eigenvalue weighted by Gasteiger charge is -2.34. The van der Waals surface area contributed by atoms with Gasteiger partial charge in [0.1, 0.15) is 0 Å². The number of urea groups is 1. The molecule has 0 saturated carbocycles. The Labute approximate surface area is 184 Å². The molecule has 2 aliphatic rings. The quantitative estimate of drug-likeness (QED) is 0.825. The summed E-state index contributed by atoms with van der Waals surface area (Å²) in [6.45, 7) is 4.24. The molecule has 2 saturated heterocycles. The second kappa shape index (κ2) is 9.39. The number of benzene rings is 2. The van der Waals surface area contributed by atoms with E-state index in [-0.39, 0.29) is 11.9 Å². The predicted octanol–water partition coefficient (Wildman–Crippen LogP) is 2.82. The van der Waals surface area contributed by atoms with E-state index in [9.17, 15) is 9.59 Å². The molecule has 2 heterocycles. The number of carbonyl (C=O) groups excluding carboxylic acids is 2. The number of hydrogen-bond donors (Lipinski definition) is 1. The Morgan fingerprint density at radius 1 is 0.871 bits per heavy atom. The van der Waals surface area contributed by atoms with E-state index in [0.29, 0.717) is 37.8 Å². The van der Waals surface area contributed by atoms with Crippen LogP contribution in [0.2, 0.25) is 0 Å². The van der Waals surface area contributed by atoms with E-state index < -0.39 is 0 Å². The van der Waals surface area contributed by atoms with Gasteiger partial charge in [-0.15, -0.1) is 0 Å². The molecular formula is C24H31N5O2. The molecule has 164 valence electrons. The topological polar surface area (TPSA) is 59.1 Å². The fraction of sp³-hybridized carbons (Fsp3) is 0.417. The molecule has 1 N–H and O–H groups in total. The van der Waals surface area contributed by atoms with Gasteiger partial charge in [-0.25, -0.2) is 4.79 Å². The number of hydrogen-bond acceptors (Lipinski definition) is 4. The summed E-state index contributed by atoms with van der Waals surface area (Å²) in [4.78, 5) is 33.5. The summed E-state index contributed by atoms with van der Waals surface area (Å²) in [5, 5.41) is 2.99. The fourth-order valence-electron chi connectivity index (χ4n) is 4.23. The predicted molar refractivity (Wildman–Crippen MR) is 124 cm³/mol. The van der Waals surface area contributed by atoms with E-state index in [1.54, 1.807) is 4.90 Å². The van der Waals surface area contributed by atoms with Crippen LogP contribution in [0.4, 0.5) is 16.2 Å². The molecule has 7 heteroatoms. The van der Waals surface area contributed by atoms with Crippen LogP contribution in [0.25, 0.3) is 0 Å². The van der Waals surface area contributed by atoms with Crippen LogP contribution in [-0.4, -0.2) is 86.0 Å². The largest absolute Gasteiger partial charge is 0.370 e. The zero-order valence-corrected chi connectivity index (χ0v) is 18.3. The highest BCUT2D eigenvalue weighted by atomic mass is 16.2. The maximum Gasteiger partial charge on any atom is 0.321 e. The van der Waals surface area contributed by atoms with Gasteiger partial charge in [0.25, 0.3) is 5.91 Å². The number of carbonyl (C=O) groups is 2. The number of nitrogens with one attached hydrogen (secondary N) is 1. The lowest BCUT2D eigenvalue weighted by Crippen LogP contribution is -2.51. The molecule has 31 heavy (non-hydrogen) atoms. The monoisotopic (exact) mass is 421 g/mol. The third-order valence-electron chi connectivity index (χ3n) is 6.25. The first-order chi connectivity index (χ1) is 15.0. The normalized spacial score (nSPS) is 19.1. The first kappa shape index (κ1) is 21.2. The van der Waals surface area contributed by atoms with Crippen molar-refractivity contribution in [2.75, 3.05) is 63.6 Å². The molecule has 2 aromatic carbocycles. The average Bonchev–Trinajstić information content (AvgIpc) is 3.30. The van der Waals surface area contributed by atoms with E-state index in [1.807, 2.05) is 47.4 Å². The molecule has 1 atom stereocenters. The lowest BCUT2D eigenvalue weighted by atomic mass is 10.2. The first-order valence-electron chi connectivity index (χ1n) is 10.9. The van der Waals surface area contributed by atoms with Crippen molar-refractivity contribution in [1.29, 1.82) is 0 Å². The molecule has 2 aromatic rings. The van der Waals surface area contributed by atoms with E-state index in [1.165, 1.54) is 12.1 Å². The van der Waals surface area contributed by atoms with E-state index >= 15 is 0 Å². The van der Waals surface area contributed by atoms with Crippen molar-refractivity contribution in [3.8, 4) is 0 Å². The standard InChI is InChI=1S/C24H31N5O2/c1-26(2)22-12-13-29(18-22)21-10-8-20(9-11-21)25-24(31)28-16-14-27(15-17-28)23(30)19-6-4-3-5-7-19/h3-11,22H,12-18H2,1-2H3,(H,25,31)/t22-/m1/s1. The maximum absolute atomic E-state index is 12.7. The minimum atomic E-state index is -0.117. The van der Waals surface area contributed by atoms with Crippen molar-refractivity contribution in [2.45, 2.75) is 12.5 Å². The van der Waals surface area contributed by atoms with Crippen molar-refractivity contribution in [3.05, 3.63) is 60.2 Å². The Balaban J connectivity index is 1.27. The fourth-order valence-corrected chi connectivity index (χ4v) is 4.23. The molecule has 0 radical (unpaired) electrons. The number of nitrogens with zero attached hydrogens (tertiary/aromatic N) is 4. The Morgan fingerprint density at radius 2 is 1.52 bits per heavy atom. The highest BCUT2D eigenvalue weighted by Crippen LogP contribution is 2.24. The molecule has 0 aliphatic carbocycles. The number of rotatable bonds is 4. The summed E-state index contributed by atoms with van der Waals surface area (Å²) in [7, 11) is 4.26. The summed E-state index contributed by atoms with van der Waals surface area (Å²) in [6.07, 6.45) is 1.17. The second-order valence-corrected chi connectivity index (χ2v) is 8.47. The van der Waals surface area contributed by atoms with Gasteiger partial charge >= 0.3 is 6.03 Å². The molecule has 7 nitrogen and oxygen atoms in total. The van der Waals surface area contributed by atoms with Gasteiger partial charge in [0, 0.05) is 62.2 Å². The number of anilines is 2. The zero-order chi connectivity index (χ0) is 21.8. The molecule has 0 unspecified atom stereocenters. The van der Waals surface area contributed by atoms with Crippen molar-refractivity contribution >= 4 is 23.3 Å². The molecule has 2 fully saturated rings. The smallest absolute Gasteiger partial charge is 0.321 e. The van der Waals surface area contributed by atoms with Gasteiger partial charge in [-0.3, -0.25) is 4.79 Å². The zero-order valence-electron chi connectivity index (χ0n) is 18.3. The number of piperazine rings is 1. The van der Waals surface area contributed by atoms with Crippen LogP contribution in [0.1, 0.15) is 16.8 Å². The van der Waals surface area contributed by atoms with Gasteiger partial charge < -0.3 is 24.9 Å². The summed E-state index contributed by atoms with van der Waals surface area (Å²) in [5.41, 5.74) is 2.67. The molecular weight excluding hydrogens is 390 g/mol. The van der Waals surface area contributed by atoms with Crippen molar-refractivity contribution in [1.82, 2.24) is 14.7 Å². The van der Waals surface area contributed by atoms with Crippen molar-refractivity contribution < 1.29 is 9.59 Å². The SMILES string of the molecule is CN(C)[C@@H]1CCN(c2ccc(NC(=O)N3CCN(C(=O)c4ccccc4)CC3)cc2)C1. The van der Waals surface area contributed by atoms with Crippen LogP contribution in [0.5, 0.6) is 0 Å². The van der Waals surface area contributed by atoms with E-state index in [4.69, 9.17) is 0 Å². The highest BCUT2D eigenvalue weighted by molar-refractivity contribution is 5.94. The van der Waals surface area contributed by atoms with E-state index in [0.717, 1.165) is 18.8 Å². The van der Waals surface area contributed by atoms with Gasteiger partial charge in [-0.05, 0) is 56.9 Å². The van der Waals surface area contributed by atoms with Crippen LogP contribution in [0.15, 0.2) is 54.6 Å². The molecule has 0 spiro atoms. The molecule has 3 amide bonds. The number of likely N-dealkylation sites (N-methyl/N-ethyl adjacent to an activating group) is 1. The first-order valence-corrected chi connectivity index (χ1v) is 10.9. The summed E-state index contributed by atoms with van der Waals surface area (Å²) < 4.78 is 0. The molecule has 0 aromatic heterocycles. The van der Waals surface area contributed by atoms with Gasteiger partial charge in [-0.1, -0.05) is 18.2 Å². The molecule has 0 bridgehead atoms. The minimum Gasteiger partial charge on any atom is -0.370 e. The van der Waals surface area contributed by atoms with Gasteiger partial charge in [0.05, 0.1) is 0 Å². The average molecular weight is 422 g/mol. The Hall–Kier alpha value is -3.06. The maximum atomic E-state index is 12.7. The van der Waals surface area contributed by atoms with Gasteiger partial charge in [-0.2, -0.15) is 0 Å². The summed E-state index contributed by atoms with van der Waals surface area (Å²) in [5.74, 6) is 0.0228. The Kier molecular flexibility index (Phi) is 6.42. The minimum absolute atomic E-state index is 0.0228. The summed E-state index contributed by atoms with van der Waals surface area (Å²) >= 11 is 0. The number of amides is 3. The van der Waals surface area contributed by atoms with Gasteiger partial charge in [0.2, 0.25) is 0 Å². The Morgan fingerprint density at radius 3 is 2.13 bits per heavy atom. The third-order valence-corrected chi connectivity index (χ3v) is 6.25. The van der Waals surface area contributed by atoms with Crippen LogP contribution in [0.3, 0.4) is 0 Å². The van der Waals surface area contributed by atoms with Crippen LogP contribution < -0.4 is 10.2 Å². The molecule has 2 aliphatic heterocycles. The van der Waals surface area contributed by atoms with Crippen LogP contribution in [0, 0.1) is 0 Å². The van der Waals surface area contributed by atoms with Crippen molar-refractivity contribution in [3.63, 3.8) is 0 Å². The van der Waals surface area contributed by atoms with Crippen LogP contribution in [-0.2, 0) is 0 Å². The lowest BCUT2D eigenvalue weighted by molar-refractivity contribution is 0.0671. The van der Waals surface area contributed by atoms with Crippen molar-refractivity contribution in [2.24, 2.45) is 0 Å². The van der Waals surface area contributed by atoms with E-state index in [2.05, 4.69) is 41.3 Å². The Bertz CT molecular complexity index is 892. The summed E-state index contributed by atoms with van der Waals surface area (Å²) in [6, 6.07) is 17.8.